The molecule has 0 bridgehead atoms. The largest absolute Gasteiger partial charge is 0.394 e. The van der Waals surface area contributed by atoms with E-state index in [1.807, 2.05) is 13.8 Å². The van der Waals surface area contributed by atoms with Gasteiger partial charge in [-0.2, -0.15) is 0 Å². The zero-order chi connectivity index (χ0) is 12.9. The summed E-state index contributed by atoms with van der Waals surface area (Å²) in [6.45, 7) is 3.46. The van der Waals surface area contributed by atoms with Crippen LogP contribution in [-0.4, -0.2) is 38.9 Å². The van der Waals surface area contributed by atoms with Crippen molar-refractivity contribution >= 4 is 11.6 Å². The average Bonchev–Trinajstić information content (AvgIpc) is 2.35. The maximum absolute atomic E-state index is 9.34. The number of rotatable bonds is 6. The summed E-state index contributed by atoms with van der Waals surface area (Å²) in [6.07, 6.45) is 1.25. The highest BCUT2D eigenvalue weighted by Crippen LogP contribution is 2.18. The van der Waals surface area contributed by atoms with Gasteiger partial charge in [0.25, 0.3) is 0 Å². The van der Waals surface area contributed by atoms with Gasteiger partial charge in [-0.15, -0.1) is 0 Å². The Morgan fingerprint density at radius 1 is 1.29 bits per heavy atom. The molecule has 0 unspecified atom stereocenters. The number of aliphatic hydroxyl groups excluding tert-OH is 2. The molecule has 0 atom stereocenters. The highest BCUT2D eigenvalue weighted by molar-refractivity contribution is 5.46. The van der Waals surface area contributed by atoms with E-state index in [-0.39, 0.29) is 13.2 Å². The number of aryl methyl sites for hydroxylation is 1. The number of anilines is 2. The Morgan fingerprint density at radius 2 is 1.94 bits per heavy atom. The van der Waals surface area contributed by atoms with E-state index in [4.69, 9.17) is 5.73 Å². The average molecular weight is 240 g/mol. The van der Waals surface area contributed by atoms with Crippen LogP contribution in [0.25, 0.3) is 0 Å². The van der Waals surface area contributed by atoms with E-state index in [0.29, 0.717) is 30.3 Å². The number of nitrogens with one attached hydrogen (secondary N) is 1. The van der Waals surface area contributed by atoms with E-state index in [9.17, 15) is 10.2 Å². The SMILES string of the molecule is CCc1nc(N)cc(NC(CC)(CO)CO)n1. The number of hydrogen-bond donors (Lipinski definition) is 4. The van der Waals surface area contributed by atoms with Crippen molar-refractivity contribution < 1.29 is 10.2 Å². The number of aromatic nitrogens is 2. The van der Waals surface area contributed by atoms with Crippen molar-refractivity contribution in [3.8, 4) is 0 Å². The number of nitrogen functional groups attached to an aromatic ring is 1. The van der Waals surface area contributed by atoms with Crippen molar-refractivity contribution in [3.63, 3.8) is 0 Å². The summed E-state index contributed by atoms with van der Waals surface area (Å²) < 4.78 is 0. The Hall–Kier alpha value is -1.40. The van der Waals surface area contributed by atoms with Crippen LogP contribution in [0.3, 0.4) is 0 Å². The fourth-order valence-electron chi connectivity index (χ4n) is 1.45. The van der Waals surface area contributed by atoms with Crippen molar-refractivity contribution in [1.82, 2.24) is 9.97 Å². The summed E-state index contributed by atoms with van der Waals surface area (Å²) in [5.41, 5.74) is 4.89. The zero-order valence-corrected chi connectivity index (χ0v) is 10.3. The molecule has 0 saturated carbocycles. The Balaban J connectivity index is 2.96. The summed E-state index contributed by atoms with van der Waals surface area (Å²) >= 11 is 0. The second-order valence-electron chi connectivity index (χ2n) is 4.02. The molecule has 0 aliphatic rings. The van der Waals surface area contributed by atoms with Gasteiger partial charge in [0.05, 0.1) is 18.8 Å². The van der Waals surface area contributed by atoms with Crippen LogP contribution >= 0.6 is 0 Å². The molecule has 1 heterocycles. The second-order valence-corrected chi connectivity index (χ2v) is 4.02. The molecule has 5 N–H and O–H groups in total. The molecular formula is C11H20N4O2. The standard InChI is InChI=1S/C11H20N4O2/c1-3-9-13-8(12)5-10(14-9)15-11(4-2,6-16)7-17/h5,16-17H,3-4,6-7H2,1-2H3,(H3,12,13,14,15). The lowest BCUT2D eigenvalue weighted by Gasteiger charge is -2.30. The summed E-state index contributed by atoms with van der Waals surface area (Å²) in [5.74, 6) is 1.54. The molecule has 0 spiro atoms. The van der Waals surface area contributed by atoms with Crippen LogP contribution in [0, 0.1) is 0 Å². The Kier molecular flexibility index (Phi) is 4.65. The van der Waals surface area contributed by atoms with Crippen molar-refractivity contribution in [3.05, 3.63) is 11.9 Å². The van der Waals surface area contributed by atoms with Crippen LogP contribution in [-0.2, 0) is 6.42 Å². The predicted molar refractivity (Wildman–Crippen MR) is 66.6 cm³/mol. The van der Waals surface area contributed by atoms with Gasteiger partial charge in [-0.25, -0.2) is 9.97 Å². The first-order chi connectivity index (χ1) is 8.09. The van der Waals surface area contributed by atoms with Gasteiger partial charge >= 0.3 is 0 Å². The van der Waals surface area contributed by atoms with Gasteiger partial charge in [0.15, 0.2) is 0 Å². The van der Waals surface area contributed by atoms with E-state index in [0.717, 1.165) is 0 Å². The first kappa shape index (κ1) is 13.7. The second kappa shape index (κ2) is 5.79. The third kappa shape index (κ3) is 3.28. The van der Waals surface area contributed by atoms with Crippen molar-refractivity contribution in [2.45, 2.75) is 32.2 Å². The molecule has 17 heavy (non-hydrogen) atoms. The molecule has 1 aromatic rings. The highest BCUT2D eigenvalue weighted by Gasteiger charge is 2.26. The third-order valence-corrected chi connectivity index (χ3v) is 2.78. The highest BCUT2D eigenvalue weighted by atomic mass is 16.3. The third-order valence-electron chi connectivity index (χ3n) is 2.78. The van der Waals surface area contributed by atoms with E-state index in [2.05, 4.69) is 15.3 Å². The molecule has 96 valence electrons. The quantitative estimate of drug-likeness (QED) is 0.565. The first-order valence-electron chi connectivity index (χ1n) is 5.72. The molecule has 0 fully saturated rings. The van der Waals surface area contributed by atoms with Gasteiger partial charge in [-0.3, -0.25) is 0 Å². The maximum Gasteiger partial charge on any atom is 0.132 e. The minimum atomic E-state index is -0.772. The maximum atomic E-state index is 9.34. The molecule has 0 aliphatic heterocycles. The van der Waals surface area contributed by atoms with Crippen LogP contribution in [0.15, 0.2) is 6.07 Å². The lowest BCUT2D eigenvalue weighted by Crippen LogP contribution is -2.45. The molecule has 1 aromatic heterocycles. The normalized spacial score (nSPS) is 11.5. The summed E-state index contributed by atoms with van der Waals surface area (Å²) in [6, 6.07) is 1.59. The lowest BCUT2D eigenvalue weighted by molar-refractivity contribution is 0.132. The lowest BCUT2D eigenvalue weighted by atomic mass is 9.98. The van der Waals surface area contributed by atoms with Crippen molar-refractivity contribution in [1.29, 1.82) is 0 Å². The smallest absolute Gasteiger partial charge is 0.132 e. The monoisotopic (exact) mass is 240 g/mol. The molecule has 0 radical (unpaired) electrons. The molecule has 1 rings (SSSR count). The molecule has 6 nitrogen and oxygen atoms in total. The fraction of sp³-hybridized carbons (Fsp3) is 0.636. The van der Waals surface area contributed by atoms with E-state index in [1.54, 1.807) is 6.07 Å². The van der Waals surface area contributed by atoms with Gasteiger partial charge < -0.3 is 21.3 Å². The van der Waals surface area contributed by atoms with Crippen LogP contribution in [0.4, 0.5) is 11.6 Å². The van der Waals surface area contributed by atoms with Crippen LogP contribution in [0.2, 0.25) is 0 Å². The van der Waals surface area contributed by atoms with E-state index < -0.39 is 5.54 Å². The zero-order valence-electron chi connectivity index (χ0n) is 10.3. The van der Waals surface area contributed by atoms with Gasteiger partial charge in [0.1, 0.15) is 17.5 Å². The first-order valence-corrected chi connectivity index (χ1v) is 5.72. The van der Waals surface area contributed by atoms with Crippen molar-refractivity contribution in [2.24, 2.45) is 0 Å². The Morgan fingerprint density at radius 3 is 2.41 bits per heavy atom. The van der Waals surface area contributed by atoms with Gasteiger partial charge in [0.2, 0.25) is 0 Å². The summed E-state index contributed by atoms with van der Waals surface area (Å²) in [4.78, 5) is 8.32. The summed E-state index contributed by atoms with van der Waals surface area (Å²) in [5, 5.41) is 21.7. The number of nitrogens with zero attached hydrogens (tertiary/aromatic N) is 2. The molecule has 0 saturated heterocycles. The molecular weight excluding hydrogens is 220 g/mol. The fourth-order valence-corrected chi connectivity index (χ4v) is 1.45. The van der Waals surface area contributed by atoms with E-state index >= 15 is 0 Å². The predicted octanol–water partition coefficient (Wildman–Crippen LogP) is 0.167. The number of nitrogens with two attached hydrogens (primary N) is 1. The van der Waals surface area contributed by atoms with Crippen LogP contribution < -0.4 is 11.1 Å². The van der Waals surface area contributed by atoms with Crippen LogP contribution in [0.5, 0.6) is 0 Å². The molecule has 0 aromatic carbocycles. The van der Waals surface area contributed by atoms with Gasteiger partial charge in [0, 0.05) is 12.5 Å². The topological polar surface area (TPSA) is 104 Å². The van der Waals surface area contributed by atoms with Gasteiger partial charge in [-0.05, 0) is 6.42 Å². The Labute approximate surface area is 101 Å². The number of aliphatic hydroxyl groups is 2. The minimum absolute atomic E-state index is 0.175. The van der Waals surface area contributed by atoms with Crippen LogP contribution in [0.1, 0.15) is 26.1 Å². The molecule has 0 aliphatic carbocycles. The summed E-state index contributed by atoms with van der Waals surface area (Å²) in [7, 11) is 0. The Bertz CT molecular complexity index is 358. The number of hydrogen-bond acceptors (Lipinski definition) is 6. The molecule has 0 amide bonds. The molecule has 6 heteroatoms. The van der Waals surface area contributed by atoms with Gasteiger partial charge in [-0.1, -0.05) is 13.8 Å². The van der Waals surface area contributed by atoms with Crippen molar-refractivity contribution in [2.75, 3.05) is 24.3 Å². The van der Waals surface area contributed by atoms with E-state index in [1.165, 1.54) is 0 Å². The minimum Gasteiger partial charge on any atom is -0.394 e.